The zero-order valence-corrected chi connectivity index (χ0v) is 11.0. The predicted molar refractivity (Wildman–Crippen MR) is 70.8 cm³/mol. The molecular formula is C14H20N2O2. The van der Waals surface area contributed by atoms with Gasteiger partial charge in [0, 0.05) is 19.6 Å². The van der Waals surface area contributed by atoms with Crippen molar-refractivity contribution >= 4 is 11.8 Å². The topological polar surface area (TPSA) is 49.4 Å². The van der Waals surface area contributed by atoms with Gasteiger partial charge in [-0.15, -0.1) is 0 Å². The summed E-state index contributed by atoms with van der Waals surface area (Å²) in [4.78, 5) is 25.0. The molecule has 1 aromatic rings. The Hall–Kier alpha value is -1.84. The van der Waals surface area contributed by atoms with Gasteiger partial charge in [-0.1, -0.05) is 37.3 Å². The van der Waals surface area contributed by atoms with Crippen LogP contribution >= 0.6 is 0 Å². The zero-order chi connectivity index (χ0) is 13.4. The van der Waals surface area contributed by atoms with Crippen molar-refractivity contribution in [1.29, 1.82) is 0 Å². The molecule has 1 N–H and O–H groups in total. The second-order valence-corrected chi connectivity index (χ2v) is 4.06. The van der Waals surface area contributed by atoms with Crippen molar-refractivity contribution in [2.75, 3.05) is 13.1 Å². The lowest BCUT2D eigenvalue weighted by atomic mass is 10.2. The first kappa shape index (κ1) is 14.2. The van der Waals surface area contributed by atoms with Crippen molar-refractivity contribution in [2.45, 2.75) is 26.8 Å². The Balaban J connectivity index is 2.60. The Bertz CT molecular complexity index is 390. The summed E-state index contributed by atoms with van der Waals surface area (Å²) in [5, 5.41) is 2.60. The molecule has 0 aromatic heterocycles. The maximum Gasteiger partial charge on any atom is 0.312 e. The third-order valence-electron chi connectivity index (χ3n) is 2.61. The lowest BCUT2D eigenvalue weighted by Gasteiger charge is -2.20. The van der Waals surface area contributed by atoms with Crippen LogP contribution < -0.4 is 5.32 Å². The summed E-state index contributed by atoms with van der Waals surface area (Å²) in [5.41, 5.74) is 1.02. The molecule has 0 unspecified atom stereocenters. The molecule has 1 aromatic carbocycles. The summed E-state index contributed by atoms with van der Waals surface area (Å²) >= 11 is 0. The van der Waals surface area contributed by atoms with Gasteiger partial charge < -0.3 is 10.2 Å². The van der Waals surface area contributed by atoms with E-state index in [-0.39, 0.29) is 0 Å². The molecule has 18 heavy (non-hydrogen) atoms. The summed E-state index contributed by atoms with van der Waals surface area (Å²) in [6.07, 6.45) is 0.823. The molecule has 0 aliphatic rings. The molecule has 4 heteroatoms. The molecule has 0 spiro atoms. The Labute approximate surface area is 108 Å². The van der Waals surface area contributed by atoms with Crippen molar-refractivity contribution in [3.63, 3.8) is 0 Å². The van der Waals surface area contributed by atoms with Gasteiger partial charge in [0.05, 0.1) is 0 Å². The Morgan fingerprint density at radius 2 is 1.83 bits per heavy atom. The highest BCUT2D eigenvalue weighted by Gasteiger charge is 2.19. The zero-order valence-electron chi connectivity index (χ0n) is 11.0. The van der Waals surface area contributed by atoms with Gasteiger partial charge in [0.1, 0.15) is 0 Å². The first-order valence-corrected chi connectivity index (χ1v) is 6.30. The minimum atomic E-state index is -0.519. The van der Waals surface area contributed by atoms with Gasteiger partial charge in [-0.25, -0.2) is 0 Å². The molecule has 0 fully saturated rings. The summed E-state index contributed by atoms with van der Waals surface area (Å²) in [6, 6.07) is 9.66. The maximum atomic E-state index is 11.9. The van der Waals surface area contributed by atoms with Gasteiger partial charge in [0.25, 0.3) is 0 Å². The molecule has 0 aliphatic heterocycles. The van der Waals surface area contributed by atoms with Crippen LogP contribution in [0.3, 0.4) is 0 Å². The third-order valence-corrected chi connectivity index (χ3v) is 2.61. The minimum Gasteiger partial charge on any atom is -0.348 e. The highest BCUT2D eigenvalue weighted by atomic mass is 16.2. The van der Waals surface area contributed by atoms with E-state index >= 15 is 0 Å². The molecule has 4 nitrogen and oxygen atoms in total. The quantitative estimate of drug-likeness (QED) is 0.804. The Morgan fingerprint density at radius 1 is 1.17 bits per heavy atom. The number of hydrogen-bond acceptors (Lipinski definition) is 2. The van der Waals surface area contributed by atoms with Crippen LogP contribution in [0.2, 0.25) is 0 Å². The SMILES string of the molecule is CCCNC(=O)C(=O)N(CC)Cc1ccccc1. The number of benzene rings is 1. The second kappa shape index (κ2) is 7.48. The summed E-state index contributed by atoms with van der Waals surface area (Å²) < 4.78 is 0. The highest BCUT2D eigenvalue weighted by Crippen LogP contribution is 2.04. The monoisotopic (exact) mass is 248 g/mol. The largest absolute Gasteiger partial charge is 0.348 e. The molecule has 0 aliphatic carbocycles. The standard InChI is InChI=1S/C14H20N2O2/c1-3-10-15-13(17)14(18)16(4-2)11-12-8-6-5-7-9-12/h5-9H,3-4,10-11H2,1-2H3,(H,15,17). The number of carbonyl (C=O) groups excluding carboxylic acids is 2. The fraction of sp³-hybridized carbons (Fsp3) is 0.429. The summed E-state index contributed by atoms with van der Waals surface area (Å²) in [5.74, 6) is -0.982. The van der Waals surface area contributed by atoms with Gasteiger partial charge in [-0.05, 0) is 18.9 Å². The van der Waals surface area contributed by atoms with Crippen LogP contribution in [0.4, 0.5) is 0 Å². The van der Waals surface area contributed by atoms with Crippen LogP contribution in [0.5, 0.6) is 0 Å². The average molecular weight is 248 g/mol. The molecule has 1 rings (SSSR count). The fourth-order valence-corrected chi connectivity index (χ4v) is 1.59. The fourth-order valence-electron chi connectivity index (χ4n) is 1.59. The number of rotatable bonds is 5. The smallest absolute Gasteiger partial charge is 0.312 e. The number of likely N-dealkylation sites (N-methyl/N-ethyl adjacent to an activating group) is 1. The van der Waals surface area contributed by atoms with Gasteiger partial charge in [-0.3, -0.25) is 9.59 Å². The lowest BCUT2D eigenvalue weighted by Crippen LogP contribution is -2.42. The molecule has 0 heterocycles. The lowest BCUT2D eigenvalue weighted by molar-refractivity contribution is -0.146. The van der Waals surface area contributed by atoms with E-state index in [1.807, 2.05) is 44.2 Å². The van der Waals surface area contributed by atoms with E-state index < -0.39 is 11.8 Å². The number of nitrogens with zero attached hydrogens (tertiary/aromatic N) is 1. The van der Waals surface area contributed by atoms with E-state index in [9.17, 15) is 9.59 Å². The van der Waals surface area contributed by atoms with Gasteiger partial charge in [0.2, 0.25) is 0 Å². The van der Waals surface area contributed by atoms with Crippen molar-refractivity contribution in [1.82, 2.24) is 10.2 Å². The minimum absolute atomic E-state index is 0.463. The molecule has 0 saturated carbocycles. The molecule has 0 atom stereocenters. The van der Waals surface area contributed by atoms with E-state index in [1.165, 1.54) is 0 Å². The third kappa shape index (κ3) is 4.20. The molecule has 0 bridgehead atoms. The summed E-state index contributed by atoms with van der Waals surface area (Å²) in [6.45, 7) is 5.34. The maximum absolute atomic E-state index is 11.9. The van der Waals surface area contributed by atoms with Crippen LogP contribution in [0.15, 0.2) is 30.3 Å². The number of nitrogens with one attached hydrogen (secondary N) is 1. The molecule has 2 amide bonds. The molecule has 0 saturated heterocycles. The predicted octanol–water partition coefficient (Wildman–Crippen LogP) is 1.56. The van der Waals surface area contributed by atoms with Crippen LogP contribution in [0, 0.1) is 0 Å². The first-order chi connectivity index (χ1) is 8.69. The Morgan fingerprint density at radius 3 is 2.39 bits per heavy atom. The van der Waals surface area contributed by atoms with Crippen LogP contribution in [-0.2, 0) is 16.1 Å². The van der Waals surface area contributed by atoms with Crippen LogP contribution in [0.25, 0.3) is 0 Å². The average Bonchev–Trinajstić information content (AvgIpc) is 2.42. The number of hydrogen-bond donors (Lipinski definition) is 1. The van der Waals surface area contributed by atoms with Gasteiger partial charge in [-0.2, -0.15) is 0 Å². The normalized spacial score (nSPS) is 9.89. The highest BCUT2D eigenvalue weighted by molar-refractivity contribution is 6.34. The van der Waals surface area contributed by atoms with E-state index in [1.54, 1.807) is 4.90 Å². The Kier molecular flexibility index (Phi) is 5.91. The van der Waals surface area contributed by atoms with E-state index in [4.69, 9.17) is 0 Å². The second-order valence-electron chi connectivity index (χ2n) is 4.06. The van der Waals surface area contributed by atoms with E-state index in [0.717, 1.165) is 12.0 Å². The van der Waals surface area contributed by atoms with E-state index in [0.29, 0.717) is 19.6 Å². The van der Waals surface area contributed by atoms with Crippen LogP contribution in [0.1, 0.15) is 25.8 Å². The van der Waals surface area contributed by atoms with Gasteiger partial charge in [0.15, 0.2) is 0 Å². The first-order valence-electron chi connectivity index (χ1n) is 6.30. The van der Waals surface area contributed by atoms with Crippen molar-refractivity contribution < 1.29 is 9.59 Å². The van der Waals surface area contributed by atoms with E-state index in [2.05, 4.69) is 5.32 Å². The van der Waals surface area contributed by atoms with Crippen LogP contribution in [-0.4, -0.2) is 29.8 Å². The number of amides is 2. The van der Waals surface area contributed by atoms with Gasteiger partial charge >= 0.3 is 11.8 Å². The molecular weight excluding hydrogens is 228 g/mol. The number of carbonyl (C=O) groups is 2. The molecule has 98 valence electrons. The van der Waals surface area contributed by atoms with Crippen molar-refractivity contribution in [3.8, 4) is 0 Å². The summed E-state index contributed by atoms with van der Waals surface area (Å²) in [7, 11) is 0. The van der Waals surface area contributed by atoms with Crippen molar-refractivity contribution in [2.24, 2.45) is 0 Å². The van der Waals surface area contributed by atoms with Crippen molar-refractivity contribution in [3.05, 3.63) is 35.9 Å². The molecule has 0 radical (unpaired) electrons.